The number of likely N-dealkylation sites (tertiary alicyclic amines) is 1. The summed E-state index contributed by atoms with van der Waals surface area (Å²) in [4.78, 5) is 30.3. The van der Waals surface area contributed by atoms with Crippen LogP contribution in [0.15, 0.2) is 72.8 Å². The number of benzene rings is 3. The Labute approximate surface area is 229 Å². The number of hydrogen-bond acceptors (Lipinski definition) is 5. The second-order valence-corrected chi connectivity index (χ2v) is 9.95. The average molecular weight is 524 g/mol. The van der Waals surface area contributed by atoms with Gasteiger partial charge in [0.2, 0.25) is 0 Å². The maximum Gasteiger partial charge on any atom is 0.322 e. The van der Waals surface area contributed by atoms with Gasteiger partial charge in [-0.15, -0.1) is 0 Å². The molecule has 2 N–H and O–H groups in total. The minimum absolute atomic E-state index is 0.123. The third-order valence-corrected chi connectivity index (χ3v) is 7.32. The van der Waals surface area contributed by atoms with E-state index in [-0.39, 0.29) is 18.0 Å². The fraction of sp³-hybridized carbons (Fsp3) is 0.323. The van der Waals surface area contributed by atoms with E-state index in [9.17, 15) is 9.59 Å². The summed E-state index contributed by atoms with van der Waals surface area (Å²) in [5.74, 6) is -0.180. The van der Waals surface area contributed by atoms with Gasteiger partial charge in [-0.25, -0.2) is 4.79 Å². The second kappa shape index (κ2) is 12.6. The van der Waals surface area contributed by atoms with Crippen LogP contribution in [0.3, 0.4) is 0 Å². The van der Waals surface area contributed by atoms with Gasteiger partial charge in [0.15, 0.2) is 0 Å². The number of hydrogen-bond donors (Lipinski definition) is 2. The van der Waals surface area contributed by atoms with Gasteiger partial charge in [0.05, 0.1) is 30.9 Å². The minimum atomic E-state index is -0.212. The van der Waals surface area contributed by atoms with E-state index in [0.29, 0.717) is 23.4 Å². The number of carbonyl (C=O) groups excluding carboxylic acids is 2. The molecule has 8 heteroatoms. The molecule has 0 spiro atoms. The number of ether oxygens (including phenoxy) is 1. The largest absolute Gasteiger partial charge is 0.379 e. The lowest BCUT2D eigenvalue weighted by molar-refractivity contribution is 0.0384. The van der Waals surface area contributed by atoms with E-state index in [1.165, 1.54) is 5.56 Å². The second-order valence-electron chi connectivity index (χ2n) is 9.95. The average Bonchev–Trinajstić information content (AvgIpc) is 3.48. The number of anilines is 2. The molecule has 0 saturated carbocycles. The van der Waals surface area contributed by atoms with Crippen molar-refractivity contribution in [3.63, 3.8) is 0 Å². The predicted octanol–water partition coefficient (Wildman–Crippen LogP) is 5.05. The van der Waals surface area contributed by atoms with Crippen LogP contribution in [0.1, 0.15) is 45.9 Å². The zero-order valence-corrected chi connectivity index (χ0v) is 21.9. The van der Waals surface area contributed by atoms with Crippen LogP contribution in [0, 0.1) is 11.3 Å². The first-order chi connectivity index (χ1) is 19.1. The molecule has 3 aromatic rings. The zero-order chi connectivity index (χ0) is 27.0. The van der Waals surface area contributed by atoms with Gasteiger partial charge in [0, 0.05) is 43.1 Å². The topological polar surface area (TPSA) is 97.7 Å². The van der Waals surface area contributed by atoms with Crippen molar-refractivity contribution in [3.05, 3.63) is 95.1 Å². The van der Waals surface area contributed by atoms with Crippen LogP contribution in [0.25, 0.3) is 0 Å². The molecule has 0 aromatic heterocycles. The predicted molar refractivity (Wildman–Crippen MR) is 151 cm³/mol. The van der Waals surface area contributed by atoms with Gasteiger partial charge >= 0.3 is 6.03 Å². The van der Waals surface area contributed by atoms with E-state index in [2.05, 4.69) is 33.7 Å². The molecule has 5 rings (SSSR count). The summed E-state index contributed by atoms with van der Waals surface area (Å²) in [5.41, 5.74) is 4.55. The number of amides is 3. The lowest BCUT2D eigenvalue weighted by atomic mass is 10.0. The molecule has 2 aliphatic rings. The van der Waals surface area contributed by atoms with Crippen LogP contribution in [0.5, 0.6) is 0 Å². The number of morpholine rings is 1. The first kappa shape index (κ1) is 26.4. The molecule has 8 nitrogen and oxygen atoms in total. The zero-order valence-electron chi connectivity index (χ0n) is 21.9. The van der Waals surface area contributed by atoms with Crippen LogP contribution in [0.2, 0.25) is 0 Å². The fourth-order valence-electron chi connectivity index (χ4n) is 5.18. The first-order valence-electron chi connectivity index (χ1n) is 13.5. The van der Waals surface area contributed by atoms with Crippen LogP contribution in [-0.4, -0.2) is 61.1 Å². The van der Waals surface area contributed by atoms with Gasteiger partial charge in [0.1, 0.15) is 0 Å². The molecule has 200 valence electrons. The highest BCUT2D eigenvalue weighted by atomic mass is 16.5. The number of urea groups is 1. The van der Waals surface area contributed by atoms with Crippen LogP contribution in [0.4, 0.5) is 16.2 Å². The molecule has 0 aliphatic carbocycles. The highest BCUT2D eigenvalue weighted by Gasteiger charge is 2.30. The fourth-order valence-corrected chi connectivity index (χ4v) is 5.18. The van der Waals surface area contributed by atoms with Crippen molar-refractivity contribution in [1.82, 2.24) is 9.80 Å². The van der Waals surface area contributed by atoms with Crippen molar-refractivity contribution >= 4 is 23.3 Å². The molecule has 0 bridgehead atoms. The number of rotatable bonds is 7. The molecule has 39 heavy (non-hydrogen) atoms. The Morgan fingerprint density at radius 2 is 1.72 bits per heavy atom. The highest BCUT2D eigenvalue weighted by molar-refractivity contribution is 6.04. The van der Waals surface area contributed by atoms with Crippen molar-refractivity contribution < 1.29 is 14.3 Å². The van der Waals surface area contributed by atoms with Gasteiger partial charge in [-0.1, -0.05) is 30.3 Å². The summed E-state index contributed by atoms with van der Waals surface area (Å²) in [6.07, 6.45) is 2.67. The molecule has 3 amide bonds. The lowest BCUT2D eigenvalue weighted by Gasteiger charge is -2.26. The number of nitrogens with one attached hydrogen (secondary N) is 2. The van der Waals surface area contributed by atoms with Crippen LogP contribution < -0.4 is 10.6 Å². The Bertz CT molecular complexity index is 1340. The van der Waals surface area contributed by atoms with Gasteiger partial charge in [-0.2, -0.15) is 5.26 Å². The van der Waals surface area contributed by atoms with Gasteiger partial charge in [-0.3, -0.25) is 9.69 Å². The number of nitrogens with zero attached hydrogens (tertiary/aromatic N) is 3. The smallest absolute Gasteiger partial charge is 0.322 e. The molecular formula is C31H33N5O3. The van der Waals surface area contributed by atoms with E-state index in [4.69, 9.17) is 10.00 Å². The third kappa shape index (κ3) is 6.82. The minimum Gasteiger partial charge on any atom is -0.379 e. The van der Waals surface area contributed by atoms with Crippen molar-refractivity contribution in [1.29, 1.82) is 5.26 Å². The molecule has 2 fully saturated rings. The van der Waals surface area contributed by atoms with Gasteiger partial charge < -0.3 is 20.3 Å². The molecule has 0 radical (unpaired) electrons. The Morgan fingerprint density at radius 1 is 0.923 bits per heavy atom. The normalized spacial score (nSPS) is 17.4. The van der Waals surface area contributed by atoms with Crippen molar-refractivity contribution in [2.24, 2.45) is 0 Å². The molecule has 2 saturated heterocycles. The molecule has 2 aliphatic heterocycles. The van der Waals surface area contributed by atoms with Crippen LogP contribution in [-0.2, 0) is 11.2 Å². The summed E-state index contributed by atoms with van der Waals surface area (Å²) in [5, 5.41) is 15.0. The Balaban J connectivity index is 1.19. The number of carbonyl (C=O) groups is 2. The summed E-state index contributed by atoms with van der Waals surface area (Å²) in [6.45, 7) is 5.19. The standard InChI is InChI=1S/C31H33N5O3/c32-22-24-4-1-7-28(20-24)34-31(38)36-14-3-8-29(36)25-5-2-6-26(21-25)30(37)33-27-11-9-23(10-12-27)13-15-35-16-18-39-19-17-35/h1-2,4-7,9-12,20-21,29H,3,8,13-19H2,(H,33,37)(H,34,38)/t29-/m1/s1. The molecule has 2 heterocycles. The van der Waals surface area contributed by atoms with E-state index in [0.717, 1.165) is 63.4 Å². The monoisotopic (exact) mass is 523 g/mol. The van der Waals surface area contributed by atoms with Crippen molar-refractivity contribution in [2.75, 3.05) is 50.0 Å². The van der Waals surface area contributed by atoms with E-state index >= 15 is 0 Å². The maximum absolute atomic E-state index is 13.1. The van der Waals surface area contributed by atoms with Gasteiger partial charge in [0.25, 0.3) is 5.91 Å². The van der Waals surface area contributed by atoms with Crippen LogP contribution >= 0.6 is 0 Å². The Morgan fingerprint density at radius 3 is 2.51 bits per heavy atom. The van der Waals surface area contributed by atoms with Crippen molar-refractivity contribution in [3.8, 4) is 6.07 Å². The summed E-state index contributed by atoms with van der Waals surface area (Å²) >= 11 is 0. The van der Waals surface area contributed by atoms with E-state index in [1.807, 2.05) is 30.3 Å². The van der Waals surface area contributed by atoms with Gasteiger partial charge in [-0.05, 0) is 72.9 Å². The first-order valence-corrected chi connectivity index (χ1v) is 13.5. The molecule has 0 unspecified atom stereocenters. The maximum atomic E-state index is 13.1. The Kier molecular flexibility index (Phi) is 8.51. The highest BCUT2D eigenvalue weighted by Crippen LogP contribution is 2.33. The molecule has 3 aromatic carbocycles. The Hall–Kier alpha value is -4.19. The number of nitriles is 1. The van der Waals surface area contributed by atoms with E-state index < -0.39 is 0 Å². The quantitative estimate of drug-likeness (QED) is 0.452. The summed E-state index contributed by atoms with van der Waals surface area (Å²) in [7, 11) is 0. The lowest BCUT2D eigenvalue weighted by Crippen LogP contribution is -2.37. The van der Waals surface area contributed by atoms with E-state index in [1.54, 1.807) is 35.2 Å². The third-order valence-electron chi connectivity index (χ3n) is 7.32. The molecular weight excluding hydrogens is 490 g/mol. The van der Waals surface area contributed by atoms with Crippen molar-refractivity contribution in [2.45, 2.75) is 25.3 Å². The SMILES string of the molecule is N#Cc1cccc(NC(=O)N2CCC[C@@H]2c2cccc(C(=O)Nc3ccc(CCN4CCOCC4)cc3)c2)c1. The summed E-state index contributed by atoms with van der Waals surface area (Å²) < 4.78 is 5.41. The molecule has 1 atom stereocenters. The summed E-state index contributed by atoms with van der Waals surface area (Å²) in [6, 6.07) is 24.1.